The average molecular weight is 182 g/mol. The zero-order chi connectivity index (χ0) is 9.68. The Balaban J connectivity index is 2.45. The van der Waals surface area contributed by atoms with Gasteiger partial charge in [-0.2, -0.15) is 0 Å². The molecular formula is C9H14N2O2. The van der Waals surface area contributed by atoms with Crippen molar-refractivity contribution in [2.24, 2.45) is 11.7 Å². The Labute approximate surface area is 77.0 Å². The van der Waals surface area contributed by atoms with Gasteiger partial charge in [-0.3, -0.25) is 4.79 Å². The Hall–Kier alpha value is -1.29. The predicted molar refractivity (Wildman–Crippen MR) is 49.2 cm³/mol. The summed E-state index contributed by atoms with van der Waals surface area (Å²) in [6.07, 6.45) is 3.95. The average Bonchev–Trinajstić information content (AvgIpc) is 2.55. The van der Waals surface area contributed by atoms with Crippen molar-refractivity contribution in [3.05, 3.63) is 24.5 Å². The van der Waals surface area contributed by atoms with Gasteiger partial charge in [0.1, 0.15) is 0 Å². The van der Waals surface area contributed by atoms with Crippen molar-refractivity contribution in [2.75, 3.05) is 6.54 Å². The van der Waals surface area contributed by atoms with Gasteiger partial charge in [0, 0.05) is 18.9 Å². The maximum atomic E-state index is 10.4. The van der Waals surface area contributed by atoms with Gasteiger partial charge in [-0.05, 0) is 24.6 Å². The molecule has 3 N–H and O–H groups in total. The molecule has 13 heavy (non-hydrogen) atoms. The van der Waals surface area contributed by atoms with Gasteiger partial charge in [0.25, 0.3) is 0 Å². The van der Waals surface area contributed by atoms with E-state index in [0.717, 1.165) is 0 Å². The van der Waals surface area contributed by atoms with Gasteiger partial charge in [-0.15, -0.1) is 0 Å². The summed E-state index contributed by atoms with van der Waals surface area (Å²) in [5, 5.41) is 8.58. The zero-order valence-electron chi connectivity index (χ0n) is 7.39. The molecule has 0 aliphatic carbocycles. The number of hydrogen-bond acceptors (Lipinski definition) is 2. The number of carboxylic acid groups (broad SMARTS) is 1. The summed E-state index contributed by atoms with van der Waals surface area (Å²) in [7, 11) is 0. The summed E-state index contributed by atoms with van der Waals surface area (Å²) in [4.78, 5) is 10.4. The molecule has 0 fully saturated rings. The fourth-order valence-corrected chi connectivity index (χ4v) is 1.26. The summed E-state index contributed by atoms with van der Waals surface area (Å²) in [5.41, 5.74) is 5.46. The summed E-state index contributed by atoms with van der Waals surface area (Å²) < 4.78 is 1.94. The number of aliphatic carboxylic acids is 1. The lowest BCUT2D eigenvalue weighted by Gasteiger charge is -2.12. The van der Waals surface area contributed by atoms with E-state index < -0.39 is 5.97 Å². The smallest absolute Gasteiger partial charge is 0.303 e. The van der Waals surface area contributed by atoms with Gasteiger partial charge < -0.3 is 15.4 Å². The molecule has 0 amide bonds. The van der Waals surface area contributed by atoms with E-state index in [-0.39, 0.29) is 12.3 Å². The van der Waals surface area contributed by atoms with E-state index in [0.29, 0.717) is 13.1 Å². The SMILES string of the molecule is NCC(CC(=O)O)Cn1cccc1. The van der Waals surface area contributed by atoms with Crippen molar-refractivity contribution in [2.45, 2.75) is 13.0 Å². The third-order valence-electron chi connectivity index (χ3n) is 1.93. The first kappa shape index (κ1) is 9.80. The van der Waals surface area contributed by atoms with Crippen molar-refractivity contribution in [3.8, 4) is 0 Å². The first-order chi connectivity index (χ1) is 6.22. The van der Waals surface area contributed by atoms with Crippen LogP contribution in [0.1, 0.15) is 6.42 Å². The van der Waals surface area contributed by atoms with Gasteiger partial charge in [0.2, 0.25) is 0 Å². The van der Waals surface area contributed by atoms with Crippen molar-refractivity contribution in [1.29, 1.82) is 0 Å². The van der Waals surface area contributed by atoms with Crippen LogP contribution in [0.2, 0.25) is 0 Å². The number of nitrogens with zero attached hydrogens (tertiary/aromatic N) is 1. The second kappa shape index (κ2) is 4.67. The number of carbonyl (C=O) groups is 1. The fourth-order valence-electron chi connectivity index (χ4n) is 1.26. The second-order valence-electron chi connectivity index (χ2n) is 3.08. The standard InChI is InChI=1S/C9H14N2O2/c10-6-8(5-9(12)13)7-11-3-1-2-4-11/h1-4,8H,5-7,10H2,(H,12,13). The van der Waals surface area contributed by atoms with E-state index in [1.807, 2.05) is 29.1 Å². The van der Waals surface area contributed by atoms with Crippen LogP contribution in [0.4, 0.5) is 0 Å². The van der Waals surface area contributed by atoms with Crippen molar-refractivity contribution in [3.63, 3.8) is 0 Å². The Bertz CT molecular complexity index is 257. The minimum absolute atomic E-state index is 0.0184. The van der Waals surface area contributed by atoms with Gasteiger partial charge in [-0.1, -0.05) is 0 Å². The van der Waals surface area contributed by atoms with Crippen molar-refractivity contribution >= 4 is 5.97 Å². The molecule has 0 spiro atoms. The number of rotatable bonds is 5. The Morgan fingerprint density at radius 2 is 2.08 bits per heavy atom. The van der Waals surface area contributed by atoms with E-state index >= 15 is 0 Å². The van der Waals surface area contributed by atoms with E-state index in [1.54, 1.807) is 0 Å². The fraction of sp³-hybridized carbons (Fsp3) is 0.444. The Morgan fingerprint density at radius 3 is 2.54 bits per heavy atom. The normalized spacial score (nSPS) is 12.7. The highest BCUT2D eigenvalue weighted by atomic mass is 16.4. The molecule has 1 aromatic rings. The van der Waals surface area contributed by atoms with E-state index in [4.69, 9.17) is 10.8 Å². The molecule has 1 aromatic heterocycles. The highest BCUT2D eigenvalue weighted by molar-refractivity contribution is 5.67. The highest BCUT2D eigenvalue weighted by Crippen LogP contribution is 2.05. The van der Waals surface area contributed by atoms with Gasteiger partial charge in [0.15, 0.2) is 0 Å². The first-order valence-electron chi connectivity index (χ1n) is 4.25. The minimum atomic E-state index is -0.789. The van der Waals surface area contributed by atoms with E-state index in [1.165, 1.54) is 0 Å². The molecule has 72 valence electrons. The molecule has 4 heteroatoms. The van der Waals surface area contributed by atoms with Gasteiger partial charge >= 0.3 is 5.97 Å². The number of aromatic nitrogens is 1. The molecule has 0 saturated heterocycles. The van der Waals surface area contributed by atoms with Gasteiger partial charge in [-0.25, -0.2) is 0 Å². The summed E-state index contributed by atoms with van der Waals surface area (Å²) in [6, 6.07) is 3.82. The van der Waals surface area contributed by atoms with Crippen LogP contribution in [0.15, 0.2) is 24.5 Å². The van der Waals surface area contributed by atoms with Crippen LogP contribution in [-0.2, 0) is 11.3 Å². The molecule has 1 atom stereocenters. The molecule has 0 radical (unpaired) electrons. The zero-order valence-corrected chi connectivity index (χ0v) is 7.39. The Morgan fingerprint density at radius 1 is 1.46 bits per heavy atom. The quantitative estimate of drug-likeness (QED) is 0.698. The lowest BCUT2D eigenvalue weighted by atomic mass is 10.1. The van der Waals surface area contributed by atoms with Crippen LogP contribution in [0.25, 0.3) is 0 Å². The van der Waals surface area contributed by atoms with Crippen molar-refractivity contribution in [1.82, 2.24) is 4.57 Å². The first-order valence-corrected chi connectivity index (χ1v) is 4.25. The van der Waals surface area contributed by atoms with Crippen LogP contribution in [-0.4, -0.2) is 22.2 Å². The second-order valence-corrected chi connectivity index (χ2v) is 3.08. The number of carboxylic acids is 1. The maximum absolute atomic E-state index is 10.4. The third-order valence-corrected chi connectivity index (χ3v) is 1.93. The molecule has 1 heterocycles. The molecule has 4 nitrogen and oxygen atoms in total. The molecule has 0 bridgehead atoms. The monoisotopic (exact) mass is 182 g/mol. The van der Waals surface area contributed by atoms with E-state index in [2.05, 4.69) is 0 Å². The van der Waals surface area contributed by atoms with Crippen LogP contribution in [0, 0.1) is 5.92 Å². The lowest BCUT2D eigenvalue weighted by Crippen LogP contribution is -2.22. The van der Waals surface area contributed by atoms with E-state index in [9.17, 15) is 4.79 Å². The summed E-state index contributed by atoms with van der Waals surface area (Å²) in [6.45, 7) is 1.08. The molecular weight excluding hydrogens is 168 g/mol. The third kappa shape index (κ3) is 3.29. The van der Waals surface area contributed by atoms with Crippen LogP contribution < -0.4 is 5.73 Å². The molecule has 0 aromatic carbocycles. The van der Waals surface area contributed by atoms with Crippen LogP contribution in [0.3, 0.4) is 0 Å². The minimum Gasteiger partial charge on any atom is -0.481 e. The predicted octanol–water partition coefficient (Wildman–Crippen LogP) is 0.538. The summed E-state index contributed by atoms with van der Waals surface area (Å²) >= 11 is 0. The maximum Gasteiger partial charge on any atom is 0.303 e. The molecule has 0 aliphatic rings. The number of nitrogens with two attached hydrogens (primary N) is 1. The molecule has 0 aliphatic heterocycles. The molecule has 1 rings (SSSR count). The highest BCUT2D eigenvalue weighted by Gasteiger charge is 2.11. The van der Waals surface area contributed by atoms with Crippen molar-refractivity contribution < 1.29 is 9.90 Å². The molecule has 1 unspecified atom stereocenters. The number of hydrogen-bond donors (Lipinski definition) is 2. The topological polar surface area (TPSA) is 68.2 Å². The largest absolute Gasteiger partial charge is 0.481 e. The van der Waals surface area contributed by atoms with Gasteiger partial charge in [0.05, 0.1) is 6.42 Å². The Kier molecular flexibility index (Phi) is 3.52. The molecule has 0 saturated carbocycles. The lowest BCUT2D eigenvalue weighted by molar-refractivity contribution is -0.138. The summed E-state index contributed by atoms with van der Waals surface area (Å²) in [5.74, 6) is -0.771. The van der Waals surface area contributed by atoms with Crippen LogP contribution in [0.5, 0.6) is 0 Å². The van der Waals surface area contributed by atoms with Crippen LogP contribution >= 0.6 is 0 Å².